The van der Waals surface area contributed by atoms with Crippen LogP contribution in [-0.2, 0) is 9.47 Å². The molecule has 2 unspecified atom stereocenters. The molecule has 2 aromatic heterocycles. The number of hydrogen-bond donors (Lipinski definition) is 2. The van der Waals surface area contributed by atoms with E-state index >= 15 is 0 Å². The molecule has 28 heavy (non-hydrogen) atoms. The molecule has 4 rings (SSSR count). The highest BCUT2D eigenvalue weighted by Crippen LogP contribution is 2.31. The van der Waals surface area contributed by atoms with Crippen LogP contribution in [0.3, 0.4) is 0 Å². The molecule has 3 heterocycles. The van der Waals surface area contributed by atoms with E-state index in [4.69, 9.17) is 14.5 Å². The van der Waals surface area contributed by atoms with Crippen molar-refractivity contribution in [3.05, 3.63) is 42.1 Å². The first-order valence-corrected chi connectivity index (χ1v) is 9.82. The Labute approximate surface area is 165 Å². The molecule has 0 amide bonds. The van der Waals surface area contributed by atoms with Crippen molar-refractivity contribution < 1.29 is 9.47 Å². The van der Waals surface area contributed by atoms with E-state index in [0.29, 0.717) is 12.3 Å². The SMILES string of the molecule is COC1=CC=C(c2cc3nccnc3c(NCC3CCCNC3)n2)CC1OC. The summed E-state index contributed by atoms with van der Waals surface area (Å²) in [5.41, 5.74) is 3.64. The Morgan fingerprint density at radius 3 is 2.89 bits per heavy atom. The van der Waals surface area contributed by atoms with E-state index < -0.39 is 0 Å². The lowest BCUT2D eigenvalue weighted by molar-refractivity contribution is 0.0811. The second-order valence-corrected chi connectivity index (χ2v) is 7.27. The predicted octanol–water partition coefficient (Wildman–Crippen LogP) is 2.77. The van der Waals surface area contributed by atoms with Crippen molar-refractivity contribution >= 4 is 22.4 Å². The minimum absolute atomic E-state index is 0.103. The van der Waals surface area contributed by atoms with Gasteiger partial charge in [-0.15, -0.1) is 0 Å². The fraction of sp³-hybridized carbons (Fsp3) is 0.476. The van der Waals surface area contributed by atoms with Crippen LogP contribution in [0.15, 0.2) is 36.4 Å². The van der Waals surface area contributed by atoms with Crippen LogP contribution in [0, 0.1) is 5.92 Å². The Morgan fingerprint density at radius 1 is 1.21 bits per heavy atom. The molecule has 148 valence electrons. The first kappa shape index (κ1) is 18.8. The number of rotatable bonds is 6. The molecule has 0 saturated carbocycles. The van der Waals surface area contributed by atoms with Gasteiger partial charge in [0.25, 0.3) is 0 Å². The van der Waals surface area contributed by atoms with E-state index in [0.717, 1.165) is 53.5 Å². The maximum atomic E-state index is 5.58. The summed E-state index contributed by atoms with van der Waals surface area (Å²) in [7, 11) is 3.37. The van der Waals surface area contributed by atoms with E-state index in [2.05, 4.69) is 20.6 Å². The Morgan fingerprint density at radius 2 is 2.11 bits per heavy atom. The number of methoxy groups -OCH3 is 2. The summed E-state index contributed by atoms with van der Waals surface area (Å²) in [6.45, 7) is 3.04. The van der Waals surface area contributed by atoms with Gasteiger partial charge in [-0.25, -0.2) is 9.97 Å². The van der Waals surface area contributed by atoms with Crippen LogP contribution in [0.1, 0.15) is 25.0 Å². The molecule has 2 N–H and O–H groups in total. The average molecular weight is 381 g/mol. The summed E-state index contributed by atoms with van der Waals surface area (Å²) < 4.78 is 11.0. The summed E-state index contributed by atoms with van der Waals surface area (Å²) in [6, 6.07) is 2.00. The van der Waals surface area contributed by atoms with Crippen LogP contribution in [0.25, 0.3) is 16.6 Å². The van der Waals surface area contributed by atoms with E-state index in [-0.39, 0.29) is 6.10 Å². The zero-order valence-electron chi connectivity index (χ0n) is 16.4. The molecular weight excluding hydrogens is 354 g/mol. The van der Waals surface area contributed by atoms with Crippen molar-refractivity contribution in [2.24, 2.45) is 5.92 Å². The number of hydrogen-bond acceptors (Lipinski definition) is 7. The lowest BCUT2D eigenvalue weighted by Gasteiger charge is -2.24. The monoisotopic (exact) mass is 381 g/mol. The van der Waals surface area contributed by atoms with Gasteiger partial charge in [0.2, 0.25) is 0 Å². The van der Waals surface area contributed by atoms with Gasteiger partial charge in [-0.3, -0.25) is 4.98 Å². The van der Waals surface area contributed by atoms with Gasteiger partial charge in [0.05, 0.1) is 18.3 Å². The zero-order chi connectivity index (χ0) is 19.3. The topological polar surface area (TPSA) is 81.2 Å². The minimum Gasteiger partial charge on any atom is -0.498 e. The quantitative estimate of drug-likeness (QED) is 0.796. The Balaban J connectivity index is 1.64. The zero-order valence-corrected chi connectivity index (χ0v) is 16.4. The van der Waals surface area contributed by atoms with Crippen molar-refractivity contribution in [1.82, 2.24) is 20.3 Å². The van der Waals surface area contributed by atoms with Crippen LogP contribution in [-0.4, -0.2) is 54.9 Å². The molecule has 0 bridgehead atoms. The van der Waals surface area contributed by atoms with Gasteiger partial charge in [0.15, 0.2) is 5.82 Å². The number of nitrogens with zero attached hydrogens (tertiary/aromatic N) is 3. The van der Waals surface area contributed by atoms with Gasteiger partial charge in [0.1, 0.15) is 17.4 Å². The number of piperidine rings is 1. The molecule has 0 spiro atoms. The maximum Gasteiger partial charge on any atom is 0.154 e. The van der Waals surface area contributed by atoms with E-state index in [1.807, 2.05) is 18.2 Å². The summed E-state index contributed by atoms with van der Waals surface area (Å²) in [6.07, 6.45) is 10.5. The second-order valence-electron chi connectivity index (χ2n) is 7.27. The highest BCUT2D eigenvalue weighted by atomic mass is 16.5. The lowest BCUT2D eigenvalue weighted by atomic mass is 9.97. The molecule has 1 fully saturated rings. The number of allylic oxidation sites excluding steroid dienone is 2. The van der Waals surface area contributed by atoms with E-state index in [9.17, 15) is 0 Å². The fourth-order valence-corrected chi connectivity index (χ4v) is 3.85. The molecule has 2 aromatic rings. The molecular formula is C21H27N5O2. The Bertz CT molecular complexity index is 889. The largest absolute Gasteiger partial charge is 0.498 e. The van der Waals surface area contributed by atoms with Gasteiger partial charge in [0, 0.05) is 32.5 Å². The normalized spacial score (nSPS) is 22.5. The van der Waals surface area contributed by atoms with Crippen LogP contribution >= 0.6 is 0 Å². The van der Waals surface area contributed by atoms with Gasteiger partial charge >= 0.3 is 0 Å². The smallest absolute Gasteiger partial charge is 0.154 e. The highest BCUT2D eigenvalue weighted by Gasteiger charge is 2.22. The van der Waals surface area contributed by atoms with Crippen molar-refractivity contribution in [1.29, 1.82) is 0 Å². The van der Waals surface area contributed by atoms with E-state index in [1.54, 1.807) is 26.6 Å². The van der Waals surface area contributed by atoms with Gasteiger partial charge < -0.3 is 20.1 Å². The van der Waals surface area contributed by atoms with E-state index in [1.165, 1.54) is 12.8 Å². The number of pyridine rings is 1. The summed E-state index contributed by atoms with van der Waals surface area (Å²) in [4.78, 5) is 13.9. The van der Waals surface area contributed by atoms with Crippen LogP contribution in [0.2, 0.25) is 0 Å². The molecule has 7 heteroatoms. The number of fused-ring (bicyclic) bond motifs is 1. The molecule has 1 saturated heterocycles. The van der Waals surface area contributed by atoms with Gasteiger partial charge in [-0.05, 0) is 49.6 Å². The Kier molecular flexibility index (Phi) is 5.83. The lowest BCUT2D eigenvalue weighted by Crippen LogP contribution is -2.33. The average Bonchev–Trinajstić information content (AvgIpc) is 2.77. The fourth-order valence-electron chi connectivity index (χ4n) is 3.85. The van der Waals surface area contributed by atoms with Crippen molar-refractivity contribution in [2.75, 3.05) is 39.2 Å². The molecule has 1 aliphatic carbocycles. The third-order valence-electron chi connectivity index (χ3n) is 5.43. The third kappa shape index (κ3) is 4.00. The molecule has 7 nitrogen and oxygen atoms in total. The molecule has 1 aliphatic heterocycles. The number of anilines is 1. The molecule has 0 aromatic carbocycles. The maximum absolute atomic E-state index is 5.58. The van der Waals surface area contributed by atoms with Crippen LogP contribution in [0.5, 0.6) is 0 Å². The third-order valence-corrected chi connectivity index (χ3v) is 5.43. The predicted molar refractivity (Wildman–Crippen MR) is 110 cm³/mol. The Hall–Kier alpha value is -2.51. The molecule has 0 radical (unpaired) electrons. The van der Waals surface area contributed by atoms with Gasteiger partial charge in [-0.1, -0.05) is 6.08 Å². The van der Waals surface area contributed by atoms with Crippen molar-refractivity contribution in [3.8, 4) is 0 Å². The number of aromatic nitrogens is 3. The summed E-state index contributed by atoms with van der Waals surface area (Å²) in [5.74, 6) is 2.22. The van der Waals surface area contributed by atoms with Crippen molar-refractivity contribution in [2.45, 2.75) is 25.4 Å². The highest BCUT2D eigenvalue weighted by molar-refractivity contribution is 5.88. The standard InChI is InChI=1S/C21H27N5O2/c1-27-18-6-5-15(10-19(18)28-2)16-11-17-20(24-9-8-23-17)21(26-16)25-13-14-4-3-7-22-12-14/h5-6,8-9,11,14,19,22H,3-4,7,10,12-13H2,1-2H3,(H,25,26). The molecule has 2 aliphatic rings. The molecule has 2 atom stereocenters. The summed E-state index contributed by atoms with van der Waals surface area (Å²) >= 11 is 0. The number of ether oxygens (including phenoxy) is 2. The van der Waals surface area contributed by atoms with Crippen LogP contribution in [0.4, 0.5) is 5.82 Å². The minimum atomic E-state index is -0.103. The van der Waals surface area contributed by atoms with Gasteiger partial charge in [-0.2, -0.15) is 0 Å². The number of nitrogens with one attached hydrogen (secondary N) is 2. The first-order valence-electron chi connectivity index (χ1n) is 9.82. The summed E-state index contributed by atoms with van der Waals surface area (Å²) in [5, 5.41) is 6.99. The van der Waals surface area contributed by atoms with Crippen LogP contribution < -0.4 is 10.6 Å². The second kappa shape index (κ2) is 8.67. The first-order chi connectivity index (χ1) is 13.8. The van der Waals surface area contributed by atoms with Crippen molar-refractivity contribution in [3.63, 3.8) is 0 Å².